The predicted octanol–water partition coefficient (Wildman–Crippen LogP) is 6.21. The Hall–Kier alpha value is -6.28. The molecule has 33 heteroatoms. The van der Waals surface area contributed by atoms with Crippen LogP contribution in [0.3, 0.4) is 0 Å². The van der Waals surface area contributed by atoms with Gasteiger partial charge in [-0.25, -0.2) is 34.2 Å². The monoisotopic (exact) mass is 1350 g/mol. The molecule has 2 unspecified atom stereocenters. The Labute approximate surface area is 539 Å². The summed E-state index contributed by atoms with van der Waals surface area (Å²) in [7, 11) is -9.44. The maximum Gasteiger partial charge on any atom is 0.459 e. The van der Waals surface area contributed by atoms with Gasteiger partial charge in [0, 0.05) is 37.7 Å². The quantitative estimate of drug-likeness (QED) is 0.0118. The number of nitrogen functional groups attached to an aromatic ring is 2. The minimum Gasteiger partial charge on any atom is -0.464 e. The van der Waals surface area contributed by atoms with Gasteiger partial charge in [0.15, 0.2) is 12.5 Å². The molecule has 31 nitrogen and oxygen atoms in total. The normalized spacial score (nSPS) is 21.8. The first-order valence-corrected chi connectivity index (χ1v) is 34.8. The maximum atomic E-state index is 14.9. The highest BCUT2D eigenvalue weighted by Crippen LogP contribution is 2.47. The number of anilines is 3. The standard InChI is InChI=1S/C60H92N12O19P2/c1-8-9-10-11-12-13-14-15-16-17-18-19-20-21-27-84-28-22-29-85-59(79)35(4)70-93(83,87-33-44-48(74)50(76)57(90-44)71-30-41(53(63)77)45-51(61)64-37(6)66-54(45)71)91-40-25-23-39(24-26-40)68-56(78)42-31-72(55-46(42)52(62)65-38(7)67-55)58-49(75)47(73)43(89-58)32-86-92(81,82)69-36(5)60(80)88-34(2)3/h23-26,30-31,34-36,43-44,47-50,57-58,73-76H,8-22,27-29,32-33H2,1-7H3,(H2,63,77)(H,68,78)(H,70,83)(H2,61,64,66)(H2,62,65,67)(H2,69,81,82)/t35-,36-,43+,44+,47+,48+,49+,50+,57+,58+,93?/m0/s1. The number of fused-ring (bicyclic) bond motifs is 2. The number of aliphatic hydroxyl groups excluding tert-OH is 4. The molecule has 2 fully saturated rings. The zero-order chi connectivity index (χ0) is 67.7. The number of aliphatic hydroxyl groups is 4. The number of nitrogens with zero attached hydrogens (tertiary/aromatic N) is 6. The van der Waals surface area contributed by atoms with Gasteiger partial charge in [-0.15, -0.1) is 0 Å². The van der Waals surface area contributed by atoms with Gasteiger partial charge in [0.2, 0.25) is 0 Å². The first-order valence-electron chi connectivity index (χ1n) is 31.7. The minimum atomic E-state index is -4.73. The van der Waals surface area contributed by atoms with Gasteiger partial charge in [0.05, 0.1) is 47.8 Å². The molecule has 7 rings (SSSR count). The van der Waals surface area contributed by atoms with Crippen molar-refractivity contribution in [1.82, 2.24) is 39.2 Å². The average Bonchev–Trinajstić information content (AvgIpc) is 1.61. The van der Waals surface area contributed by atoms with Crippen molar-refractivity contribution in [3.63, 3.8) is 0 Å². The summed E-state index contributed by atoms with van der Waals surface area (Å²) < 4.78 is 75.6. The van der Waals surface area contributed by atoms with Crippen LogP contribution in [0, 0.1) is 13.8 Å². The number of hydrogen-bond acceptors (Lipinski definition) is 24. The summed E-state index contributed by atoms with van der Waals surface area (Å²) >= 11 is 0. The summed E-state index contributed by atoms with van der Waals surface area (Å²) in [5.41, 5.74) is 18.2. The second-order valence-electron chi connectivity index (χ2n) is 23.7. The van der Waals surface area contributed by atoms with E-state index in [-0.39, 0.29) is 74.5 Å². The second kappa shape index (κ2) is 34.4. The number of nitrogens with two attached hydrogens (primary N) is 3. The Balaban J connectivity index is 0.986. The highest BCUT2D eigenvalue weighted by atomic mass is 31.2. The van der Waals surface area contributed by atoms with Gasteiger partial charge in [-0.3, -0.25) is 28.2 Å². The van der Waals surface area contributed by atoms with Crippen molar-refractivity contribution in [3.05, 3.63) is 59.4 Å². The van der Waals surface area contributed by atoms with Crippen LogP contribution >= 0.6 is 15.5 Å². The highest BCUT2D eigenvalue weighted by Gasteiger charge is 2.48. The largest absolute Gasteiger partial charge is 0.464 e. The summed E-state index contributed by atoms with van der Waals surface area (Å²) in [5.74, 6) is -3.25. The Morgan fingerprint density at radius 2 is 1.10 bits per heavy atom. The van der Waals surface area contributed by atoms with Gasteiger partial charge in [-0.1, -0.05) is 90.4 Å². The molecular weight excluding hydrogens is 1250 g/mol. The SMILES string of the molecule is CCCCCCCCCCCCCCCCOCCCOC(=O)[C@H](C)NP(=O)(OC[C@H]1O[C@@H](n2cc(C(N)=O)c3c(N)nc(C)nc32)[C@H](O)[C@@H]1O)Oc1ccc(NC(=O)c2cn([C@@H]3O[C@H](COP(=O)(O)N[C@@H](C)C(=O)OC(C)C)[C@@H](O)[C@H]3O)c3nc(C)nc(N)c23)cc1. The molecule has 2 saturated heterocycles. The molecule has 0 aliphatic carbocycles. The summed E-state index contributed by atoms with van der Waals surface area (Å²) in [6.45, 7) is 10.6. The zero-order valence-electron chi connectivity index (χ0n) is 53.7. The van der Waals surface area contributed by atoms with Crippen molar-refractivity contribution in [2.24, 2.45) is 5.73 Å². The van der Waals surface area contributed by atoms with Gasteiger partial charge in [0.1, 0.15) is 89.0 Å². The van der Waals surface area contributed by atoms with E-state index in [1.54, 1.807) is 20.8 Å². The van der Waals surface area contributed by atoms with Gasteiger partial charge in [-0.2, -0.15) is 5.09 Å². The predicted molar refractivity (Wildman–Crippen MR) is 341 cm³/mol. The third kappa shape index (κ3) is 20.4. The molecular formula is C60H92N12O19P2. The van der Waals surface area contributed by atoms with Gasteiger partial charge in [0.25, 0.3) is 11.8 Å². The highest BCUT2D eigenvalue weighted by molar-refractivity contribution is 7.52. The maximum absolute atomic E-state index is 14.9. The fraction of sp³-hybridized carbons (Fsp3) is 0.633. The first-order chi connectivity index (χ1) is 44.2. The number of esters is 2. The molecule has 12 atom stereocenters. The number of aromatic nitrogens is 6. The van der Waals surface area contributed by atoms with E-state index >= 15 is 0 Å². The number of nitrogens with one attached hydrogen (secondary N) is 3. The molecule has 0 spiro atoms. The smallest absolute Gasteiger partial charge is 0.459 e. The lowest BCUT2D eigenvalue weighted by atomic mass is 10.0. The molecule has 2 aliphatic heterocycles. The summed E-state index contributed by atoms with van der Waals surface area (Å²) in [6, 6.07) is 2.79. The molecule has 516 valence electrons. The van der Waals surface area contributed by atoms with Crippen LogP contribution < -0.4 is 37.2 Å². The molecule has 0 radical (unpaired) electrons. The Morgan fingerprint density at radius 1 is 0.624 bits per heavy atom. The van der Waals surface area contributed by atoms with E-state index in [2.05, 4.69) is 42.4 Å². The van der Waals surface area contributed by atoms with Crippen molar-refractivity contribution in [3.8, 4) is 5.75 Å². The summed E-state index contributed by atoms with van der Waals surface area (Å²) in [4.78, 5) is 80.0. The van der Waals surface area contributed by atoms with Crippen molar-refractivity contribution in [2.75, 3.05) is 49.8 Å². The molecule has 0 saturated carbocycles. The number of unbranched alkanes of at least 4 members (excludes halogenated alkanes) is 13. The number of hydrogen-bond donors (Lipinski definition) is 11. The number of primary amides is 1. The first kappa shape index (κ1) is 74.1. The van der Waals surface area contributed by atoms with E-state index in [1.165, 1.54) is 137 Å². The van der Waals surface area contributed by atoms with Crippen molar-refractivity contribution in [1.29, 1.82) is 0 Å². The van der Waals surface area contributed by atoms with Crippen LogP contribution in [0.5, 0.6) is 5.75 Å². The second-order valence-corrected chi connectivity index (χ2v) is 26.9. The van der Waals surface area contributed by atoms with Gasteiger partial charge in [-0.05, 0) is 72.2 Å². The molecule has 2 aliphatic rings. The van der Waals surface area contributed by atoms with E-state index in [9.17, 15) is 53.6 Å². The van der Waals surface area contributed by atoms with Crippen LogP contribution in [0.15, 0.2) is 36.7 Å². The van der Waals surface area contributed by atoms with Crippen LogP contribution in [-0.4, -0.2) is 166 Å². The molecule has 1 aromatic carbocycles. The Bertz CT molecular complexity index is 3410. The molecule has 4 aromatic heterocycles. The van der Waals surface area contributed by atoms with Crippen LogP contribution in [0.4, 0.5) is 17.3 Å². The van der Waals surface area contributed by atoms with E-state index in [4.69, 9.17) is 54.5 Å². The van der Waals surface area contributed by atoms with Crippen LogP contribution in [0.25, 0.3) is 22.1 Å². The fourth-order valence-corrected chi connectivity index (χ4v) is 13.3. The van der Waals surface area contributed by atoms with Crippen molar-refractivity contribution in [2.45, 2.75) is 212 Å². The van der Waals surface area contributed by atoms with E-state index < -0.39 is 120 Å². The third-order valence-electron chi connectivity index (χ3n) is 15.6. The molecule has 5 aromatic rings. The summed E-state index contributed by atoms with van der Waals surface area (Å²) in [6.07, 6.45) is 7.35. The number of rotatable bonds is 39. The minimum absolute atomic E-state index is 0.00507. The Morgan fingerprint density at radius 3 is 1.61 bits per heavy atom. The van der Waals surface area contributed by atoms with Crippen LogP contribution in [0.1, 0.15) is 176 Å². The summed E-state index contributed by atoms with van der Waals surface area (Å²) in [5, 5.41) is 52.6. The van der Waals surface area contributed by atoms with Crippen LogP contribution in [0.2, 0.25) is 0 Å². The number of carbonyl (C=O) groups is 4. The lowest BCUT2D eigenvalue weighted by Gasteiger charge is -2.24. The van der Waals surface area contributed by atoms with Crippen molar-refractivity contribution >= 4 is 78.6 Å². The average molecular weight is 1350 g/mol. The van der Waals surface area contributed by atoms with E-state index in [0.717, 1.165) is 19.3 Å². The molecule has 14 N–H and O–H groups in total. The van der Waals surface area contributed by atoms with Crippen LogP contribution in [-0.2, 0) is 51.5 Å². The third-order valence-corrected chi connectivity index (χ3v) is 18.5. The number of aryl methyl sites for hydroxylation is 2. The van der Waals surface area contributed by atoms with Gasteiger partial charge >= 0.3 is 27.4 Å². The molecule has 93 heavy (non-hydrogen) atoms. The zero-order valence-corrected chi connectivity index (χ0v) is 55.5. The Kier molecular flexibility index (Phi) is 27.4. The lowest BCUT2D eigenvalue weighted by molar-refractivity contribution is -0.149. The molecule has 6 heterocycles. The number of benzene rings is 1. The topological polar surface area (TPSA) is 453 Å². The number of carbonyl (C=O) groups excluding carboxylic acids is 4. The van der Waals surface area contributed by atoms with Crippen molar-refractivity contribution < 1.29 is 90.9 Å². The number of ether oxygens (including phenoxy) is 5. The van der Waals surface area contributed by atoms with Gasteiger partial charge < -0.3 is 85.2 Å². The molecule has 2 amide bonds. The van der Waals surface area contributed by atoms with E-state index in [0.29, 0.717) is 19.6 Å². The fourth-order valence-electron chi connectivity index (χ4n) is 10.8. The molecule has 0 bridgehead atoms. The lowest BCUT2D eigenvalue weighted by Crippen LogP contribution is -2.37. The van der Waals surface area contributed by atoms with E-state index in [1.807, 2.05) is 0 Å². The number of amides is 2.